The molecule has 21 heavy (non-hydrogen) atoms. The summed E-state index contributed by atoms with van der Waals surface area (Å²) in [4.78, 5) is 13.3. The highest BCUT2D eigenvalue weighted by molar-refractivity contribution is 7.13. The first-order valence-electron chi connectivity index (χ1n) is 6.86. The Bertz CT molecular complexity index is 584. The second-order valence-corrected chi connectivity index (χ2v) is 6.16. The highest BCUT2D eigenvalue weighted by Gasteiger charge is 2.25. The normalized spacial score (nSPS) is 21.6. The highest BCUT2D eigenvalue weighted by Crippen LogP contribution is 2.25. The van der Waals surface area contributed by atoms with Crippen LogP contribution in [0.5, 0.6) is 0 Å². The second kappa shape index (κ2) is 7.06. The van der Waals surface area contributed by atoms with E-state index in [0.717, 1.165) is 30.0 Å². The molecule has 3 N–H and O–H groups in total. The van der Waals surface area contributed by atoms with Crippen LogP contribution in [-0.2, 0) is 4.79 Å². The van der Waals surface area contributed by atoms with Gasteiger partial charge in [0, 0.05) is 18.0 Å². The van der Waals surface area contributed by atoms with E-state index >= 15 is 0 Å². The minimum Gasteiger partial charge on any atom is -0.314 e. The number of halogens is 1. The molecular formula is C14H19ClN4OS. The van der Waals surface area contributed by atoms with Gasteiger partial charge in [0.1, 0.15) is 0 Å². The van der Waals surface area contributed by atoms with Gasteiger partial charge in [-0.25, -0.2) is 0 Å². The van der Waals surface area contributed by atoms with Gasteiger partial charge in [-0.1, -0.05) is 6.07 Å². The predicted molar refractivity (Wildman–Crippen MR) is 88.0 cm³/mol. The van der Waals surface area contributed by atoms with E-state index in [9.17, 15) is 4.79 Å². The molecule has 0 aromatic carbocycles. The van der Waals surface area contributed by atoms with E-state index < -0.39 is 0 Å². The topological polar surface area (TPSA) is 69.8 Å². The third-order valence-corrected chi connectivity index (χ3v) is 4.51. The van der Waals surface area contributed by atoms with E-state index in [-0.39, 0.29) is 24.2 Å². The fraction of sp³-hybridized carbons (Fsp3) is 0.429. The van der Waals surface area contributed by atoms with Crippen molar-refractivity contribution in [1.82, 2.24) is 15.5 Å². The maximum atomic E-state index is 12.2. The van der Waals surface area contributed by atoms with Crippen LogP contribution >= 0.6 is 23.7 Å². The van der Waals surface area contributed by atoms with E-state index in [2.05, 4.69) is 27.8 Å². The lowest BCUT2D eigenvalue weighted by Crippen LogP contribution is -2.40. The Hall–Kier alpha value is -1.37. The summed E-state index contributed by atoms with van der Waals surface area (Å²) < 4.78 is 0. The van der Waals surface area contributed by atoms with E-state index in [1.807, 2.05) is 23.6 Å². The molecule has 114 valence electrons. The molecule has 7 heteroatoms. The number of nitrogens with zero attached hydrogens (tertiary/aromatic N) is 1. The van der Waals surface area contributed by atoms with Crippen LogP contribution < -0.4 is 10.6 Å². The lowest BCUT2D eigenvalue weighted by Gasteiger charge is -2.26. The first-order valence-corrected chi connectivity index (χ1v) is 7.74. The standard InChI is InChI=1S/C14H18N4OS.ClH/c1-9-7-10(4-5-15-9)14(19)16-13-8-11(17-18-13)12-3-2-6-20-12;/h2-3,6,8-10,15H,4-5,7H2,1H3,(H2,16,17,18,19);1H/t9-,10-;/m0./s1. The Labute approximate surface area is 133 Å². The molecule has 1 aliphatic rings. The number of hydrogen-bond donors (Lipinski definition) is 3. The maximum Gasteiger partial charge on any atom is 0.228 e. The van der Waals surface area contributed by atoms with Crippen LogP contribution in [0.15, 0.2) is 23.6 Å². The average Bonchev–Trinajstić information content (AvgIpc) is 3.08. The molecule has 0 saturated carbocycles. The summed E-state index contributed by atoms with van der Waals surface area (Å²) in [6.45, 7) is 3.02. The van der Waals surface area contributed by atoms with Crippen LogP contribution in [0.1, 0.15) is 19.8 Å². The molecule has 1 aliphatic heterocycles. The second-order valence-electron chi connectivity index (χ2n) is 5.21. The molecule has 0 aliphatic carbocycles. The maximum absolute atomic E-state index is 12.2. The van der Waals surface area contributed by atoms with Gasteiger partial charge in [-0.2, -0.15) is 5.10 Å². The Kier molecular flexibility index (Phi) is 5.39. The Balaban J connectivity index is 0.00000161. The number of aromatic nitrogens is 2. The van der Waals surface area contributed by atoms with E-state index in [0.29, 0.717) is 11.9 Å². The van der Waals surface area contributed by atoms with Gasteiger partial charge in [0.25, 0.3) is 0 Å². The molecule has 5 nitrogen and oxygen atoms in total. The lowest BCUT2D eigenvalue weighted by atomic mass is 9.92. The number of carbonyl (C=O) groups is 1. The summed E-state index contributed by atoms with van der Waals surface area (Å²) >= 11 is 1.64. The molecule has 2 aromatic heterocycles. The van der Waals surface area contributed by atoms with Crippen molar-refractivity contribution in [2.75, 3.05) is 11.9 Å². The lowest BCUT2D eigenvalue weighted by molar-refractivity contribution is -0.120. The van der Waals surface area contributed by atoms with Gasteiger partial charge in [-0.05, 0) is 37.8 Å². The van der Waals surface area contributed by atoms with Crippen LogP contribution in [-0.4, -0.2) is 28.7 Å². The molecule has 2 atom stereocenters. The molecule has 1 fully saturated rings. The Morgan fingerprint density at radius 2 is 2.38 bits per heavy atom. The Morgan fingerprint density at radius 1 is 1.52 bits per heavy atom. The summed E-state index contributed by atoms with van der Waals surface area (Å²) in [6.07, 6.45) is 1.77. The number of H-pyrrole nitrogens is 1. The number of piperidine rings is 1. The summed E-state index contributed by atoms with van der Waals surface area (Å²) in [6, 6.07) is 6.31. The number of carbonyl (C=O) groups excluding carboxylic acids is 1. The van der Waals surface area contributed by atoms with Crippen LogP contribution in [0.4, 0.5) is 5.82 Å². The first-order chi connectivity index (χ1) is 9.72. The van der Waals surface area contributed by atoms with Gasteiger partial charge >= 0.3 is 0 Å². The number of aromatic amines is 1. The molecule has 1 saturated heterocycles. The highest BCUT2D eigenvalue weighted by atomic mass is 35.5. The van der Waals surface area contributed by atoms with Gasteiger partial charge < -0.3 is 10.6 Å². The predicted octanol–water partition coefficient (Wildman–Crippen LogP) is 2.89. The van der Waals surface area contributed by atoms with Gasteiger partial charge in [0.05, 0.1) is 10.6 Å². The first kappa shape index (κ1) is 16.0. The van der Waals surface area contributed by atoms with Crippen LogP contribution in [0.2, 0.25) is 0 Å². The number of amides is 1. The van der Waals surface area contributed by atoms with Crippen molar-refractivity contribution < 1.29 is 4.79 Å². The molecule has 0 radical (unpaired) electrons. The molecular weight excluding hydrogens is 308 g/mol. The third-order valence-electron chi connectivity index (χ3n) is 3.61. The van der Waals surface area contributed by atoms with Crippen molar-refractivity contribution >= 4 is 35.5 Å². The van der Waals surface area contributed by atoms with Crippen molar-refractivity contribution in [3.05, 3.63) is 23.6 Å². The van der Waals surface area contributed by atoms with Gasteiger partial charge in [0.15, 0.2) is 5.82 Å². The number of rotatable bonds is 3. The zero-order valence-corrected chi connectivity index (χ0v) is 13.4. The van der Waals surface area contributed by atoms with Crippen LogP contribution in [0, 0.1) is 5.92 Å². The number of hydrogen-bond acceptors (Lipinski definition) is 4. The van der Waals surface area contributed by atoms with Crippen molar-refractivity contribution in [2.24, 2.45) is 5.92 Å². The van der Waals surface area contributed by atoms with Crippen LogP contribution in [0.3, 0.4) is 0 Å². The molecule has 3 rings (SSSR count). The minimum atomic E-state index is 0. The molecule has 0 spiro atoms. The van der Waals surface area contributed by atoms with Gasteiger partial charge in [-0.3, -0.25) is 9.89 Å². The summed E-state index contributed by atoms with van der Waals surface area (Å²) in [7, 11) is 0. The third kappa shape index (κ3) is 3.84. The van der Waals surface area contributed by atoms with Crippen molar-refractivity contribution in [1.29, 1.82) is 0 Å². The summed E-state index contributed by atoms with van der Waals surface area (Å²) in [5.41, 5.74) is 0.939. The quantitative estimate of drug-likeness (QED) is 0.812. The molecule has 0 unspecified atom stereocenters. The molecule has 1 amide bonds. The average molecular weight is 327 g/mol. The molecule has 0 bridgehead atoms. The van der Waals surface area contributed by atoms with Crippen molar-refractivity contribution in [2.45, 2.75) is 25.8 Å². The van der Waals surface area contributed by atoms with Crippen molar-refractivity contribution in [3.63, 3.8) is 0 Å². The smallest absolute Gasteiger partial charge is 0.228 e. The molecule has 2 aromatic rings. The van der Waals surface area contributed by atoms with Crippen molar-refractivity contribution in [3.8, 4) is 10.6 Å². The van der Waals surface area contributed by atoms with E-state index in [1.54, 1.807) is 11.3 Å². The van der Waals surface area contributed by atoms with Gasteiger partial charge in [-0.15, -0.1) is 23.7 Å². The zero-order chi connectivity index (χ0) is 13.9. The number of nitrogens with one attached hydrogen (secondary N) is 3. The monoisotopic (exact) mass is 326 g/mol. The van der Waals surface area contributed by atoms with Crippen LogP contribution in [0.25, 0.3) is 10.6 Å². The molecule has 3 heterocycles. The fourth-order valence-corrected chi connectivity index (χ4v) is 3.23. The zero-order valence-electron chi connectivity index (χ0n) is 11.8. The summed E-state index contributed by atoms with van der Waals surface area (Å²) in [5, 5.41) is 15.4. The fourth-order valence-electron chi connectivity index (χ4n) is 2.54. The van der Waals surface area contributed by atoms with Gasteiger partial charge in [0.2, 0.25) is 5.91 Å². The Morgan fingerprint density at radius 3 is 3.10 bits per heavy atom. The van der Waals surface area contributed by atoms with E-state index in [1.165, 1.54) is 0 Å². The summed E-state index contributed by atoms with van der Waals surface area (Å²) in [5.74, 6) is 0.750. The number of anilines is 1. The number of thiophene rings is 1. The SMILES string of the molecule is C[C@H]1C[C@@H](C(=O)Nc2cc(-c3cccs3)[nH]n2)CCN1.Cl. The van der Waals surface area contributed by atoms with E-state index in [4.69, 9.17) is 0 Å². The minimum absolute atomic E-state index is 0. The largest absolute Gasteiger partial charge is 0.314 e.